The van der Waals surface area contributed by atoms with Gasteiger partial charge in [0.05, 0.1) is 17.6 Å². The van der Waals surface area contributed by atoms with Crippen LogP contribution in [0.4, 0.5) is 5.13 Å². The second-order valence-corrected chi connectivity index (χ2v) is 8.22. The zero-order valence-corrected chi connectivity index (χ0v) is 17.9. The zero-order valence-electron chi connectivity index (χ0n) is 17.1. The highest BCUT2D eigenvalue weighted by molar-refractivity contribution is 7.17. The predicted octanol–water partition coefficient (Wildman–Crippen LogP) is 0.427. The fourth-order valence-electron chi connectivity index (χ4n) is 2.69. The summed E-state index contributed by atoms with van der Waals surface area (Å²) in [6.07, 6.45) is 2.22. The number of carbonyl (C=O) groups excluding carboxylic acids is 4. The van der Waals surface area contributed by atoms with E-state index in [1.165, 1.54) is 18.3 Å². The highest BCUT2D eigenvalue weighted by atomic mass is 32.1. The standard InChI is InChI=1S/C20H25N5O5S/c1-11(2)17(25-20-23-8-14(10-26)31-20)19(30)22-9-16(28)24-15(18(21)29)7-12-3-5-13(27)6-4-12/h3-6,8,10-11,15,17,27H,7,9H2,1-2H3,(H2,21,29)(H,22,30)(H,23,25)(H,24,28)/t15-,17?/m0/s1. The maximum Gasteiger partial charge on any atom is 0.243 e. The Kier molecular flexibility index (Phi) is 8.50. The number of aromatic hydroxyl groups is 1. The van der Waals surface area contributed by atoms with Gasteiger partial charge in [-0.25, -0.2) is 4.98 Å². The van der Waals surface area contributed by atoms with Crippen LogP contribution >= 0.6 is 11.3 Å². The molecule has 0 aliphatic carbocycles. The Morgan fingerprint density at radius 3 is 2.45 bits per heavy atom. The molecule has 2 rings (SSSR count). The van der Waals surface area contributed by atoms with Crippen LogP contribution in [0.25, 0.3) is 0 Å². The molecular weight excluding hydrogens is 422 g/mol. The molecular formula is C20H25N5O5S. The largest absolute Gasteiger partial charge is 0.508 e. The van der Waals surface area contributed by atoms with Crippen molar-refractivity contribution in [2.24, 2.45) is 11.7 Å². The van der Waals surface area contributed by atoms with Crippen LogP contribution in [0.3, 0.4) is 0 Å². The Balaban J connectivity index is 1.91. The third-order valence-corrected chi connectivity index (χ3v) is 5.20. The van der Waals surface area contributed by atoms with E-state index in [1.807, 2.05) is 13.8 Å². The molecule has 31 heavy (non-hydrogen) atoms. The minimum atomic E-state index is -0.968. The maximum atomic E-state index is 12.6. The number of benzene rings is 1. The summed E-state index contributed by atoms with van der Waals surface area (Å²) in [7, 11) is 0. The molecule has 1 aromatic carbocycles. The number of carbonyl (C=O) groups is 4. The van der Waals surface area contributed by atoms with Gasteiger partial charge < -0.3 is 26.8 Å². The molecule has 2 aromatic rings. The number of nitrogens with two attached hydrogens (primary N) is 1. The molecule has 1 unspecified atom stereocenters. The van der Waals surface area contributed by atoms with Crippen LogP contribution in [0.15, 0.2) is 30.5 Å². The van der Waals surface area contributed by atoms with Crippen molar-refractivity contribution in [3.63, 3.8) is 0 Å². The summed E-state index contributed by atoms with van der Waals surface area (Å²) in [5.74, 6) is -1.76. The lowest BCUT2D eigenvalue weighted by atomic mass is 10.0. The van der Waals surface area contributed by atoms with E-state index in [2.05, 4.69) is 20.9 Å². The summed E-state index contributed by atoms with van der Waals surface area (Å²) in [5, 5.41) is 17.7. The lowest BCUT2D eigenvalue weighted by molar-refractivity contribution is -0.129. The van der Waals surface area contributed by atoms with Crippen molar-refractivity contribution in [1.82, 2.24) is 15.6 Å². The molecule has 1 aromatic heterocycles. The van der Waals surface area contributed by atoms with Crippen molar-refractivity contribution in [2.75, 3.05) is 11.9 Å². The number of rotatable bonds is 11. The van der Waals surface area contributed by atoms with Crippen LogP contribution in [-0.4, -0.2) is 52.7 Å². The van der Waals surface area contributed by atoms with Gasteiger partial charge in [-0.3, -0.25) is 19.2 Å². The summed E-state index contributed by atoms with van der Waals surface area (Å²) < 4.78 is 0. The van der Waals surface area contributed by atoms with Crippen LogP contribution < -0.4 is 21.7 Å². The molecule has 0 radical (unpaired) electrons. The Morgan fingerprint density at radius 1 is 1.23 bits per heavy atom. The molecule has 0 aliphatic heterocycles. The average Bonchev–Trinajstić information content (AvgIpc) is 3.19. The molecule has 1 heterocycles. The molecule has 0 saturated heterocycles. The van der Waals surface area contributed by atoms with Gasteiger partial charge in [-0.15, -0.1) is 0 Å². The number of thiazole rings is 1. The van der Waals surface area contributed by atoms with Crippen molar-refractivity contribution in [1.29, 1.82) is 0 Å². The minimum Gasteiger partial charge on any atom is -0.508 e. The first-order valence-corrected chi connectivity index (χ1v) is 10.3. The van der Waals surface area contributed by atoms with Crippen molar-refractivity contribution in [3.05, 3.63) is 40.9 Å². The monoisotopic (exact) mass is 447 g/mol. The third kappa shape index (κ3) is 7.37. The summed E-state index contributed by atoms with van der Waals surface area (Å²) in [6.45, 7) is 3.30. The fraction of sp³-hybridized carbons (Fsp3) is 0.350. The number of phenols is 1. The molecule has 3 amide bonds. The van der Waals surface area contributed by atoms with Crippen LogP contribution in [0.1, 0.15) is 29.1 Å². The summed E-state index contributed by atoms with van der Waals surface area (Å²) in [4.78, 5) is 51.8. The normalized spacial score (nSPS) is 12.6. The van der Waals surface area contributed by atoms with Gasteiger partial charge in [0.15, 0.2) is 11.4 Å². The van der Waals surface area contributed by atoms with E-state index >= 15 is 0 Å². The second-order valence-electron chi connectivity index (χ2n) is 7.16. The number of primary amides is 1. The van der Waals surface area contributed by atoms with Crippen LogP contribution in [0, 0.1) is 5.92 Å². The Bertz CT molecular complexity index is 928. The van der Waals surface area contributed by atoms with Gasteiger partial charge in [0, 0.05) is 6.42 Å². The van der Waals surface area contributed by atoms with Crippen molar-refractivity contribution < 1.29 is 24.3 Å². The van der Waals surface area contributed by atoms with Gasteiger partial charge in [-0.1, -0.05) is 37.3 Å². The van der Waals surface area contributed by atoms with E-state index < -0.39 is 29.8 Å². The molecule has 166 valence electrons. The second kappa shape index (κ2) is 11.1. The van der Waals surface area contributed by atoms with Crippen LogP contribution in [0.5, 0.6) is 5.75 Å². The van der Waals surface area contributed by atoms with E-state index in [0.717, 1.165) is 11.3 Å². The number of hydrogen-bond acceptors (Lipinski definition) is 8. The quantitative estimate of drug-likeness (QED) is 0.312. The molecule has 2 atom stereocenters. The lowest BCUT2D eigenvalue weighted by Crippen LogP contribution is -2.51. The van der Waals surface area contributed by atoms with Crippen LogP contribution in [-0.2, 0) is 20.8 Å². The van der Waals surface area contributed by atoms with Gasteiger partial charge in [0.25, 0.3) is 0 Å². The number of amides is 3. The van der Waals surface area contributed by atoms with Gasteiger partial charge >= 0.3 is 0 Å². The fourth-order valence-corrected chi connectivity index (χ4v) is 3.36. The number of anilines is 1. The Morgan fingerprint density at radius 2 is 1.90 bits per heavy atom. The number of aromatic nitrogens is 1. The first-order valence-electron chi connectivity index (χ1n) is 9.51. The van der Waals surface area contributed by atoms with Gasteiger partial charge in [0.2, 0.25) is 17.7 Å². The number of phenolic OH excluding ortho intramolecular Hbond substituents is 1. The maximum absolute atomic E-state index is 12.6. The predicted molar refractivity (Wildman–Crippen MR) is 116 cm³/mol. The first-order chi connectivity index (χ1) is 14.7. The molecule has 0 aliphatic rings. The first kappa shape index (κ1) is 23.8. The van der Waals surface area contributed by atoms with Gasteiger partial charge in [0.1, 0.15) is 17.8 Å². The van der Waals surface area contributed by atoms with E-state index in [9.17, 15) is 24.3 Å². The van der Waals surface area contributed by atoms with Crippen molar-refractivity contribution in [3.8, 4) is 5.75 Å². The van der Waals surface area contributed by atoms with E-state index in [1.54, 1.807) is 12.1 Å². The minimum absolute atomic E-state index is 0.0829. The highest BCUT2D eigenvalue weighted by Crippen LogP contribution is 2.19. The summed E-state index contributed by atoms with van der Waals surface area (Å²) in [5.41, 5.74) is 6.08. The van der Waals surface area contributed by atoms with E-state index in [-0.39, 0.29) is 24.6 Å². The van der Waals surface area contributed by atoms with Crippen molar-refractivity contribution in [2.45, 2.75) is 32.4 Å². The molecule has 0 bridgehead atoms. The van der Waals surface area contributed by atoms with Crippen LogP contribution in [0.2, 0.25) is 0 Å². The topological polar surface area (TPSA) is 164 Å². The SMILES string of the molecule is CC(C)C(Nc1ncc(C=O)s1)C(=O)NCC(=O)N[C@@H](Cc1ccc(O)cc1)C(N)=O. The van der Waals surface area contributed by atoms with Gasteiger partial charge in [-0.05, 0) is 23.6 Å². The average molecular weight is 448 g/mol. The third-order valence-electron chi connectivity index (χ3n) is 4.35. The van der Waals surface area contributed by atoms with Gasteiger partial charge in [-0.2, -0.15) is 0 Å². The van der Waals surface area contributed by atoms with E-state index in [0.29, 0.717) is 21.9 Å². The molecule has 0 saturated carbocycles. The Labute approximate surface area is 183 Å². The Hall–Kier alpha value is -3.47. The summed E-state index contributed by atoms with van der Waals surface area (Å²) >= 11 is 1.12. The molecule has 0 fully saturated rings. The lowest BCUT2D eigenvalue weighted by Gasteiger charge is -2.21. The van der Waals surface area contributed by atoms with Crippen molar-refractivity contribution >= 4 is 40.5 Å². The molecule has 11 heteroatoms. The highest BCUT2D eigenvalue weighted by Gasteiger charge is 2.24. The smallest absolute Gasteiger partial charge is 0.243 e. The molecule has 0 spiro atoms. The molecule has 6 N–H and O–H groups in total. The number of nitrogens with one attached hydrogen (secondary N) is 3. The number of hydrogen-bond donors (Lipinski definition) is 5. The zero-order chi connectivity index (χ0) is 23.0. The summed E-state index contributed by atoms with van der Waals surface area (Å²) in [6, 6.07) is 4.52. The number of nitrogens with zero attached hydrogens (tertiary/aromatic N) is 1. The molecule has 10 nitrogen and oxygen atoms in total. The van der Waals surface area contributed by atoms with E-state index in [4.69, 9.17) is 5.73 Å². The number of aldehydes is 1.